The molecule has 2 aliphatic rings. The molecular weight excluding hydrogens is 616 g/mol. The predicted octanol–water partition coefficient (Wildman–Crippen LogP) is 4.12. The molecule has 3 aromatic carbocycles. The molecule has 12 nitrogen and oxygen atoms in total. The summed E-state index contributed by atoms with van der Waals surface area (Å²) in [7, 11) is -1.01. The van der Waals surface area contributed by atoms with Crippen molar-refractivity contribution in [3.63, 3.8) is 0 Å². The standard InChI is InChI=1S/C33H36N2O10S/c1-42-29-14-10-21(16-30(29)43-2)9-13-28(22-6-5-7-24(17-22)44-20-32(37)38)45-33(39)27-8-3-4-15-35(27)46(40,41)25-11-12-26-23(18-25)19-31(36)34-26/h5-7,10-12,14,16-18,27-28H,3-4,8-9,13,15,19-20H2,1-2H3,(H,34,36)(H,37,38)/t27-,28+/m0/s1. The maximum Gasteiger partial charge on any atom is 0.341 e. The van der Waals surface area contributed by atoms with E-state index in [9.17, 15) is 22.8 Å². The summed E-state index contributed by atoms with van der Waals surface area (Å²) < 4.78 is 51.1. The van der Waals surface area contributed by atoms with Crippen LogP contribution in [0.15, 0.2) is 65.6 Å². The quantitative estimate of drug-likeness (QED) is 0.257. The number of hydrogen-bond donors (Lipinski definition) is 2. The van der Waals surface area contributed by atoms with Crippen LogP contribution in [0.4, 0.5) is 5.69 Å². The van der Waals surface area contributed by atoms with E-state index in [2.05, 4.69) is 5.32 Å². The van der Waals surface area contributed by atoms with Crippen LogP contribution in [0.1, 0.15) is 48.5 Å². The van der Waals surface area contributed by atoms with Gasteiger partial charge in [0.25, 0.3) is 0 Å². The molecule has 13 heteroatoms. The van der Waals surface area contributed by atoms with E-state index < -0.39 is 40.7 Å². The topological polar surface area (TPSA) is 158 Å². The number of benzene rings is 3. The molecule has 2 heterocycles. The number of methoxy groups -OCH3 is 2. The Bertz CT molecular complexity index is 1730. The zero-order valence-corrected chi connectivity index (χ0v) is 26.4. The van der Waals surface area contributed by atoms with Gasteiger partial charge in [0.15, 0.2) is 18.1 Å². The van der Waals surface area contributed by atoms with Gasteiger partial charge in [-0.15, -0.1) is 0 Å². The van der Waals surface area contributed by atoms with E-state index in [0.717, 1.165) is 5.56 Å². The minimum Gasteiger partial charge on any atom is -0.493 e. The number of amides is 1. The van der Waals surface area contributed by atoms with Crippen LogP contribution in [0.25, 0.3) is 0 Å². The summed E-state index contributed by atoms with van der Waals surface area (Å²) in [6.45, 7) is -0.396. The Hall–Kier alpha value is -4.62. The number of aryl methyl sites for hydroxylation is 1. The number of anilines is 1. The highest BCUT2D eigenvalue weighted by Crippen LogP contribution is 2.34. The molecule has 2 N–H and O–H groups in total. The van der Waals surface area contributed by atoms with Gasteiger partial charge < -0.3 is 29.4 Å². The molecule has 5 rings (SSSR count). The molecule has 1 saturated heterocycles. The van der Waals surface area contributed by atoms with Gasteiger partial charge in [-0.1, -0.05) is 18.2 Å². The van der Waals surface area contributed by atoms with Gasteiger partial charge in [0, 0.05) is 12.2 Å². The third kappa shape index (κ3) is 7.43. The fraction of sp³-hybridized carbons (Fsp3) is 0.364. The molecule has 0 bridgehead atoms. The third-order valence-electron chi connectivity index (χ3n) is 8.03. The van der Waals surface area contributed by atoms with Gasteiger partial charge in [0.1, 0.15) is 17.9 Å². The van der Waals surface area contributed by atoms with Crippen LogP contribution >= 0.6 is 0 Å². The van der Waals surface area contributed by atoms with Crippen LogP contribution in [0, 0.1) is 0 Å². The maximum atomic E-state index is 13.9. The van der Waals surface area contributed by atoms with Crippen LogP contribution in [-0.4, -0.2) is 69.1 Å². The average molecular weight is 653 g/mol. The van der Waals surface area contributed by atoms with Crippen molar-refractivity contribution < 1.29 is 46.9 Å². The highest BCUT2D eigenvalue weighted by atomic mass is 32.2. The molecule has 2 atom stereocenters. The van der Waals surface area contributed by atoms with Crippen molar-refractivity contribution in [1.82, 2.24) is 4.31 Å². The molecule has 0 radical (unpaired) electrons. The lowest BCUT2D eigenvalue weighted by Gasteiger charge is -2.34. The fourth-order valence-corrected chi connectivity index (χ4v) is 7.42. The van der Waals surface area contributed by atoms with E-state index in [1.807, 2.05) is 12.1 Å². The second-order valence-corrected chi connectivity index (χ2v) is 13.0. The lowest BCUT2D eigenvalue weighted by Crippen LogP contribution is -2.48. The van der Waals surface area contributed by atoms with Crippen LogP contribution in [-0.2, 0) is 42.0 Å². The van der Waals surface area contributed by atoms with Crippen molar-refractivity contribution in [2.75, 3.05) is 32.7 Å². The van der Waals surface area contributed by atoms with Gasteiger partial charge in [-0.25, -0.2) is 13.2 Å². The van der Waals surface area contributed by atoms with Gasteiger partial charge in [-0.2, -0.15) is 4.31 Å². The first-order chi connectivity index (χ1) is 22.1. The second kappa shape index (κ2) is 14.2. The molecular formula is C33H36N2O10S. The Labute approximate surface area is 267 Å². The maximum absolute atomic E-state index is 13.9. The molecule has 1 fully saturated rings. The number of esters is 1. The van der Waals surface area contributed by atoms with Gasteiger partial charge >= 0.3 is 11.9 Å². The number of piperidine rings is 1. The number of aliphatic carboxylic acids is 1. The van der Waals surface area contributed by atoms with Crippen molar-refractivity contribution in [3.8, 4) is 17.2 Å². The molecule has 0 saturated carbocycles. The number of ether oxygens (including phenoxy) is 4. The highest BCUT2D eigenvalue weighted by molar-refractivity contribution is 7.89. The smallest absolute Gasteiger partial charge is 0.341 e. The lowest BCUT2D eigenvalue weighted by atomic mass is 10.00. The van der Waals surface area contributed by atoms with Crippen LogP contribution in [0.5, 0.6) is 17.2 Å². The first-order valence-electron chi connectivity index (χ1n) is 14.9. The number of fused-ring (bicyclic) bond motifs is 1. The first kappa shape index (κ1) is 32.8. The van der Waals surface area contributed by atoms with Gasteiger partial charge in [0.05, 0.1) is 25.5 Å². The molecule has 0 aromatic heterocycles. The van der Waals surface area contributed by atoms with Crippen LogP contribution in [0.3, 0.4) is 0 Å². The molecule has 1 amide bonds. The van der Waals surface area contributed by atoms with Gasteiger partial charge in [-0.3, -0.25) is 9.59 Å². The van der Waals surface area contributed by atoms with E-state index in [1.165, 1.54) is 23.5 Å². The van der Waals surface area contributed by atoms with E-state index in [4.69, 9.17) is 24.1 Å². The normalized spacial score (nSPS) is 17.0. The van der Waals surface area contributed by atoms with Crippen molar-refractivity contribution in [1.29, 1.82) is 0 Å². The number of carboxylic acids is 1. The molecule has 0 spiro atoms. The SMILES string of the molecule is COc1ccc(CC[C@@H](OC(=O)[C@@H]2CCCCN2S(=O)(=O)c2ccc3c(c2)CC(=O)N3)c2cccc(OCC(=O)O)c2)cc1OC. The number of carbonyl (C=O) groups excluding carboxylic acids is 2. The zero-order valence-electron chi connectivity index (χ0n) is 25.6. The predicted molar refractivity (Wildman–Crippen MR) is 167 cm³/mol. The Morgan fingerprint density at radius 1 is 1.02 bits per heavy atom. The first-order valence-corrected chi connectivity index (χ1v) is 16.3. The van der Waals surface area contributed by atoms with E-state index in [0.29, 0.717) is 59.7 Å². The van der Waals surface area contributed by atoms with E-state index in [1.54, 1.807) is 43.5 Å². The number of rotatable bonds is 13. The summed E-state index contributed by atoms with van der Waals surface area (Å²) in [6.07, 6.45) is 1.58. The number of hydrogen-bond acceptors (Lipinski definition) is 9. The van der Waals surface area contributed by atoms with E-state index in [-0.39, 0.29) is 30.2 Å². The summed E-state index contributed by atoms with van der Waals surface area (Å²) in [4.78, 5) is 36.8. The fourth-order valence-electron chi connectivity index (χ4n) is 5.73. The van der Waals surface area contributed by atoms with Crippen molar-refractivity contribution in [2.24, 2.45) is 0 Å². The monoisotopic (exact) mass is 652 g/mol. The molecule has 244 valence electrons. The molecule has 0 unspecified atom stereocenters. The number of carbonyl (C=O) groups is 3. The van der Waals surface area contributed by atoms with Gasteiger partial charge in [0.2, 0.25) is 15.9 Å². The average Bonchev–Trinajstić information content (AvgIpc) is 3.44. The highest BCUT2D eigenvalue weighted by Gasteiger charge is 2.40. The summed E-state index contributed by atoms with van der Waals surface area (Å²) in [5, 5.41) is 11.8. The Morgan fingerprint density at radius 3 is 2.59 bits per heavy atom. The van der Waals surface area contributed by atoms with Gasteiger partial charge in [-0.05, 0) is 91.3 Å². The zero-order chi connectivity index (χ0) is 32.8. The summed E-state index contributed by atoms with van der Waals surface area (Å²) >= 11 is 0. The molecule has 2 aliphatic heterocycles. The summed E-state index contributed by atoms with van der Waals surface area (Å²) in [5.74, 6) is -0.615. The van der Waals surface area contributed by atoms with E-state index >= 15 is 0 Å². The third-order valence-corrected chi connectivity index (χ3v) is 9.93. The second-order valence-electron chi connectivity index (χ2n) is 11.1. The number of carboxylic acid groups (broad SMARTS) is 1. The van der Waals surface area contributed by atoms with Crippen molar-refractivity contribution in [3.05, 3.63) is 77.4 Å². The summed E-state index contributed by atoms with van der Waals surface area (Å²) in [5.41, 5.74) is 2.62. The number of sulfonamides is 1. The summed E-state index contributed by atoms with van der Waals surface area (Å²) in [6, 6.07) is 15.6. The molecule has 46 heavy (non-hydrogen) atoms. The van der Waals surface area contributed by atoms with Crippen LogP contribution < -0.4 is 19.5 Å². The number of nitrogens with one attached hydrogen (secondary N) is 1. The Kier molecular flexibility index (Phi) is 10.1. The van der Waals surface area contributed by atoms with Crippen molar-refractivity contribution >= 4 is 33.6 Å². The minimum absolute atomic E-state index is 0.00994. The van der Waals surface area contributed by atoms with Crippen molar-refractivity contribution in [2.45, 2.75) is 55.6 Å². The minimum atomic E-state index is -4.10. The number of nitrogens with zero attached hydrogens (tertiary/aromatic N) is 1. The lowest BCUT2D eigenvalue weighted by molar-refractivity contribution is -0.155. The van der Waals surface area contributed by atoms with Crippen LogP contribution in [0.2, 0.25) is 0 Å². The molecule has 0 aliphatic carbocycles. The molecule has 3 aromatic rings. The Balaban J connectivity index is 1.40. The Morgan fingerprint density at radius 2 is 1.83 bits per heavy atom. The largest absolute Gasteiger partial charge is 0.493 e.